The third kappa shape index (κ3) is 5.48. The molecule has 2 aromatic rings. The van der Waals surface area contributed by atoms with Gasteiger partial charge in [0.2, 0.25) is 0 Å². The van der Waals surface area contributed by atoms with Crippen LogP contribution in [0.1, 0.15) is 17.5 Å². The van der Waals surface area contributed by atoms with Crippen molar-refractivity contribution in [2.45, 2.75) is 6.42 Å². The molecule has 0 saturated heterocycles. The van der Waals surface area contributed by atoms with Crippen LogP contribution in [-0.2, 0) is 0 Å². The molecule has 0 aliphatic heterocycles. The number of hydrogen-bond donors (Lipinski definition) is 0. The van der Waals surface area contributed by atoms with Crippen molar-refractivity contribution >= 4 is 12.4 Å². The summed E-state index contributed by atoms with van der Waals surface area (Å²) in [5, 5.41) is 0. The molecule has 144 valence electrons. The Balaban J connectivity index is 1.88. The number of para-hydroxylation sites is 2. The molecule has 0 heterocycles. The van der Waals surface area contributed by atoms with E-state index in [0.29, 0.717) is 36.1 Å². The fraction of sp³-hybridized carbons (Fsp3) is 0.333. The van der Waals surface area contributed by atoms with Gasteiger partial charge in [0.1, 0.15) is 0 Å². The molecule has 2 aromatic carbocycles. The Labute approximate surface area is 160 Å². The van der Waals surface area contributed by atoms with E-state index in [-0.39, 0.29) is 0 Å². The van der Waals surface area contributed by atoms with Crippen molar-refractivity contribution in [3.8, 4) is 23.0 Å². The molecule has 0 unspecified atom stereocenters. The van der Waals surface area contributed by atoms with Gasteiger partial charge in [-0.3, -0.25) is 9.98 Å². The lowest BCUT2D eigenvalue weighted by molar-refractivity contribution is 0.354. The SMILES string of the molecule is COc1cccc(C=NCCCN=Cc2cccc(OC)c2OC)c1OC. The Hall–Kier alpha value is -3.02. The van der Waals surface area contributed by atoms with E-state index in [2.05, 4.69) is 9.98 Å². The highest BCUT2D eigenvalue weighted by Gasteiger charge is 2.07. The fourth-order valence-electron chi connectivity index (χ4n) is 2.61. The smallest absolute Gasteiger partial charge is 0.169 e. The lowest BCUT2D eigenvalue weighted by Gasteiger charge is -2.09. The van der Waals surface area contributed by atoms with Gasteiger partial charge in [0.15, 0.2) is 23.0 Å². The van der Waals surface area contributed by atoms with Crippen molar-refractivity contribution in [2.75, 3.05) is 41.5 Å². The predicted octanol–water partition coefficient (Wildman–Crippen LogP) is 3.65. The Morgan fingerprint density at radius 1 is 0.667 bits per heavy atom. The van der Waals surface area contributed by atoms with Crippen LogP contribution in [0.5, 0.6) is 23.0 Å². The van der Waals surface area contributed by atoms with Gasteiger partial charge >= 0.3 is 0 Å². The van der Waals surface area contributed by atoms with E-state index < -0.39 is 0 Å². The third-order valence-electron chi connectivity index (χ3n) is 3.90. The maximum absolute atomic E-state index is 5.39. The zero-order valence-electron chi connectivity index (χ0n) is 16.3. The first kappa shape index (κ1) is 20.3. The van der Waals surface area contributed by atoms with Crippen LogP contribution in [0, 0.1) is 0 Å². The van der Waals surface area contributed by atoms with Crippen LogP contribution < -0.4 is 18.9 Å². The molecule has 0 radical (unpaired) electrons. The minimum absolute atomic E-state index is 0.674. The van der Waals surface area contributed by atoms with E-state index in [1.54, 1.807) is 40.9 Å². The van der Waals surface area contributed by atoms with Gasteiger partial charge < -0.3 is 18.9 Å². The Morgan fingerprint density at radius 2 is 1.11 bits per heavy atom. The van der Waals surface area contributed by atoms with E-state index >= 15 is 0 Å². The van der Waals surface area contributed by atoms with E-state index in [4.69, 9.17) is 18.9 Å². The summed E-state index contributed by atoms with van der Waals surface area (Å²) in [4.78, 5) is 8.90. The van der Waals surface area contributed by atoms with Crippen LogP contribution in [0.3, 0.4) is 0 Å². The number of ether oxygens (including phenoxy) is 4. The Kier molecular flexibility index (Phi) is 8.16. The standard InChI is InChI=1S/C21H26N2O4/c1-24-18-10-5-8-16(20(18)26-3)14-22-12-7-13-23-15-17-9-6-11-19(25-2)21(17)27-4/h5-6,8-11,14-15H,7,12-13H2,1-4H3. The Bertz CT molecular complexity index is 722. The predicted molar refractivity (Wildman–Crippen MR) is 109 cm³/mol. The highest BCUT2D eigenvalue weighted by molar-refractivity contribution is 5.85. The molecule has 0 spiro atoms. The molecule has 0 aromatic heterocycles. The fourth-order valence-corrected chi connectivity index (χ4v) is 2.61. The number of aliphatic imine (C=N–C) groups is 2. The van der Waals surface area contributed by atoms with Crippen molar-refractivity contribution in [3.63, 3.8) is 0 Å². The first-order valence-corrected chi connectivity index (χ1v) is 8.66. The average Bonchev–Trinajstić information content (AvgIpc) is 2.72. The van der Waals surface area contributed by atoms with Gasteiger partial charge in [-0.1, -0.05) is 12.1 Å². The molecule has 0 N–H and O–H groups in total. The molecule has 0 aliphatic carbocycles. The van der Waals surface area contributed by atoms with Crippen LogP contribution >= 0.6 is 0 Å². The largest absolute Gasteiger partial charge is 0.493 e. The molecule has 0 saturated carbocycles. The summed E-state index contributed by atoms with van der Waals surface area (Å²) in [6.07, 6.45) is 4.44. The van der Waals surface area contributed by atoms with Gasteiger partial charge in [-0.15, -0.1) is 0 Å². The molecule has 6 heteroatoms. The summed E-state index contributed by atoms with van der Waals surface area (Å²) in [5.41, 5.74) is 1.78. The van der Waals surface area contributed by atoms with Gasteiger partial charge in [0.05, 0.1) is 28.4 Å². The second kappa shape index (κ2) is 10.9. The highest BCUT2D eigenvalue weighted by atomic mass is 16.5. The van der Waals surface area contributed by atoms with E-state index in [1.807, 2.05) is 36.4 Å². The summed E-state index contributed by atoms with van der Waals surface area (Å²) >= 11 is 0. The number of hydrogen-bond acceptors (Lipinski definition) is 6. The summed E-state index contributed by atoms with van der Waals surface area (Å²) in [6, 6.07) is 11.4. The highest BCUT2D eigenvalue weighted by Crippen LogP contribution is 2.30. The lowest BCUT2D eigenvalue weighted by atomic mass is 10.2. The summed E-state index contributed by atoms with van der Waals surface area (Å²) in [5.74, 6) is 2.76. The first-order chi connectivity index (χ1) is 13.2. The summed E-state index contributed by atoms with van der Waals surface area (Å²) in [6.45, 7) is 1.35. The summed E-state index contributed by atoms with van der Waals surface area (Å²) in [7, 11) is 6.48. The molecule has 2 rings (SSSR count). The molecular formula is C21H26N2O4. The number of benzene rings is 2. The minimum atomic E-state index is 0.674. The maximum atomic E-state index is 5.39. The maximum Gasteiger partial charge on any atom is 0.169 e. The molecule has 6 nitrogen and oxygen atoms in total. The number of rotatable bonds is 10. The molecule has 0 aliphatic rings. The van der Waals surface area contributed by atoms with Crippen molar-refractivity contribution in [1.82, 2.24) is 0 Å². The molecule has 27 heavy (non-hydrogen) atoms. The van der Waals surface area contributed by atoms with Crippen molar-refractivity contribution < 1.29 is 18.9 Å². The zero-order valence-corrected chi connectivity index (χ0v) is 16.3. The molecular weight excluding hydrogens is 344 g/mol. The average molecular weight is 370 g/mol. The quantitative estimate of drug-likeness (QED) is 0.473. The van der Waals surface area contributed by atoms with Crippen molar-refractivity contribution in [2.24, 2.45) is 9.98 Å². The van der Waals surface area contributed by atoms with Gasteiger partial charge in [-0.2, -0.15) is 0 Å². The molecule has 0 amide bonds. The van der Waals surface area contributed by atoms with Gasteiger partial charge in [0.25, 0.3) is 0 Å². The zero-order chi connectivity index (χ0) is 19.5. The van der Waals surface area contributed by atoms with Crippen LogP contribution in [0.4, 0.5) is 0 Å². The summed E-state index contributed by atoms with van der Waals surface area (Å²) < 4.78 is 21.4. The van der Waals surface area contributed by atoms with E-state index in [1.165, 1.54) is 0 Å². The van der Waals surface area contributed by atoms with Crippen LogP contribution in [0.25, 0.3) is 0 Å². The lowest BCUT2D eigenvalue weighted by Crippen LogP contribution is -1.96. The number of methoxy groups -OCH3 is 4. The minimum Gasteiger partial charge on any atom is -0.493 e. The normalized spacial score (nSPS) is 11.1. The monoisotopic (exact) mass is 370 g/mol. The molecule has 0 bridgehead atoms. The van der Waals surface area contributed by atoms with Gasteiger partial charge in [-0.05, 0) is 30.7 Å². The second-order valence-corrected chi connectivity index (χ2v) is 5.59. The molecule has 0 fully saturated rings. The number of nitrogens with zero attached hydrogens (tertiary/aromatic N) is 2. The van der Waals surface area contributed by atoms with E-state index in [9.17, 15) is 0 Å². The van der Waals surface area contributed by atoms with Crippen molar-refractivity contribution in [3.05, 3.63) is 47.5 Å². The van der Waals surface area contributed by atoms with Gasteiger partial charge in [-0.25, -0.2) is 0 Å². The van der Waals surface area contributed by atoms with Crippen LogP contribution in [-0.4, -0.2) is 54.0 Å². The third-order valence-corrected chi connectivity index (χ3v) is 3.90. The van der Waals surface area contributed by atoms with Crippen LogP contribution in [0.2, 0.25) is 0 Å². The van der Waals surface area contributed by atoms with E-state index in [0.717, 1.165) is 17.5 Å². The topological polar surface area (TPSA) is 61.6 Å². The van der Waals surface area contributed by atoms with Crippen LogP contribution in [0.15, 0.2) is 46.4 Å². The van der Waals surface area contributed by atoms with Crippen molar-refractivity contribution in [1.29, 1.82) is 0 Å². The second-order valence-electron chi connectivity index (χ2n) is 5.59. The molecule has 0 atom stereocenters. The first-order valence-electron chi connectivity index (χ1n) is 8.66. The Morgan fingerprint density at radius 3 is 1.48 bits per heavy atom. The van der Waals surface area contributed by atoms with Gasteiger partial charge in [0, 0.05) is 36.6 Å².